The number of sulfonamides is 1. The number of rotatable bonds is 7. The molecular weight excluding hydrogens is 417 g/mol. The summed E-state index contributed by atoms with van der Waals surface area (Å²) in [5.74, 6) is 0.638. The van der Waals surface area contributed by atoms with Gasteiger partial charge in [0.25, 0.3) is 10.0 Å². The number of hydrogen-bond acceptors (Lipinski definition) is 4. The van der Waals surface area contributed by atoms with Crippen molar-refractivity contribution in [3.63, 3.8) is 0 Å². The molecule has 0 radical (unpaired) electrons. The molecule has 0 bridgehead atoms. The molecule has 0 unspecified atom stereocenters. The number of nitrogens with zero attached hydrogens (tertiary/aromatic N) is 1. The van der Waals surface area contributed by atoms with Gasteiger partial charge in [0.1, 0.15) is 17.3 Å². The maximum absolute atomic E-state index is 13.9. The van der Waals surface area contributed by atoms with Gasteiger partial charge in [-0.1, -0.05) is 17.7 Å². The summed E-state index contributed by atoms with van der Waals surface area (Å²) in [5.41, 5.74) is 2.48. The summed E-state index contributed by atoms with van der Waals surface area (Å²) < 4.78 is 53.6. The minimum atomic E-state index is -4.04. The summed E-state index contributed by atoms with van der Waals surface area (Å²) in [6, 6.07) is 15.5. The van der Waals surface area contributed by atoms with Gasteiger partial charge in [-0.3, -0.25) is 4.31 Å². The first-order valence-electron chi connectivity index (χ1n) is 9.78. The van der Waals surface area contributed by atoms with E-state index >= 15 is 0 Å². The van der Waals surface area contributed by atoms with Crippen LogP contribution in [0.1, 0.15) is 29.7 Å². The number of anilines is 1. The summed E-state index contributed by atoms with van der Waals surface area (Å²) >= 11 is 0. The van der Waals surface area contributed by atoms with Gasteiger partial charge in [0.15, 0.2) is 0 Å². The Balaban J connectivity index is 2.24. The number of ether oxygens (including phenoxy) is 2. The monoisotopic (exact) mass is 443 g/mol. The molecule has 0 aliphatic carbocycles. The second-order valence-corrected chi connectivity index (χ2v) is 9.11. The Morgan fingerprint density at radius 2 is 1.58 bits per heavy atom. The van der Waals surface area contributed by atoms with Crippen molar-refractivity contribution >= 4 is 15.7 Å². The zero-order chi connectivity index (χ0) is 22.8. The minimum absolute atomic E-state index is 0.0446. The van der Waals surface area contributed by atoms with E-state index in [0.717, 1.165) is 11.6 Å². The van der Waals surface area contributed by atoms with Crippen LogP contribution in [0.15, 0.2) is 65.6 Å². The SMILES string of the molecule is COc1ccc(OC)c([C@@H](C)N(c2ccc(C)cc2)S(=O)(=O)c2ccc(F)cc2C)c1. The lowest BCUT2D eigenvalue weighted by atomic mass is 10.1. The molecule has 0 heterocycles. The first-order valence-corrected chi connectivity index (χ1v) is 11.2. The topological polar surface area (TPSA) is 55.8 Å². The number of aryl methyl sites for hydroxylation is 2. The van der Waals surface area contributed by atoms with E-state index in [-0.39, 0.29) is 4.90 Å². The van der Waals surface area contributed by atoms with E-state index in [1.54, 1.807) is 51.3 Å². The fraction of sp³-hybridized carbons (Fsp3) is 0.250. The fourth-order valence-corrected chi connectivity index (χ4v) is 5.41. The Hall–Kier alpha value is -3.06. The number of halogens is 1. The van der Waals surface area contributed by atoms with Gasteiger partial charge in [0.05, 0.1) is 30.8 Å². The fourth-order valence-electron chi connectivity index (χ4n) is 3.56. The van der Waals surface area contributed by atoms with Crippen LogP contribution < -0.4 is 13.8 Å². The number of hydrogen-bond donors (Lipinski definition) is 0. The highest BCUT2D eigenvalue weighted by atomic mass is 32.2. The molecular formula is C24H26FNO4S. The molecule has 0 amide bonds. The zero-order valence-electron chi connectivity index (χ0n) is 18.2. The summed E-state index contributed by atoms with van der Waals surface area (Å²) in [7, 11) is -0.953. The highest BCUT2D eigenvalue weighted by Gasteiger charge is 2.33. The maximum Gasteiger partial charge on any atom is 0.265 e. The quantitative estimate of drug-likeness (QED) is 0.490. The molecule has 0 fully saturated rings. The van der Waals surface area contributed by atoms with Crippen LogP contribution >= 0.6 is 0 Å². The molecule has 7 heteroatoms. The molecule has 0 saturated carbocycles. The Kier molecular flexibility index (Phi) is 6.55. The van der Waals surface area contributed by atoms with E-state index in [2.05, 4.69) is 0 Å². The third-order valence-electron chi connectivity index (χ3n) is 5.20. The number of benzene rings is 3. The molecule has 0 aliphatic rings. The molecule has 1 atom stereocenters. The summed E-state index contributed by atoms with van der Waals surface area (Å²) in [6.07, 6.45) is 0. The van der Waals surface area contributed by atoms with E-state index < -0.39 is 21.9 Å². The molecule has 0 spiro atoms. The molecule has 3 aromatic carbocycles. The van der Waals surface area contributed by atoms with E-state index in [0.29, 0.717) is 28.3 Å². The average molecular weight is 444 g/mol. The number of methoxy groups -OCH3 is 2. The van der Waals surface area contributed by atoms with Crippen molar-refractivity contribution in [1.82, 2.24) is 0 Å². The predicted molar refractivity (Wildman–Crippen MR) is 120 cm³/mol. The predicted octanol–water partition coefficient (Wildman–Crippen LogP) is 5.42. The van der Waals surface area contributed by atoms with Crippen LogP contribution in [0.2, 0.25) is 0 Å². The third-order valence-corrected chi connectivity index (χ3v) is 7.26. The van der Waals surface area contributed by atoms with Crippen molar-refractivity contribution in [3.05, 3.63) is 83.2 Å². The lowest BCUT2D eigenvalue weighted by Gasteiger charge is -2.32. The van der Waals surface area contributed by atoms with Gasteiger partial charge in [0, 0.05) is 5.56 Å². The van der Waals surface area contributed by atoms with Crippen LogP contribution in [0, 0.1) is 19.7 Å². The van der Waals surface area contributed by atoms with E-state index in [1.807, 2.05) is 19.1 Å². The molecule has 3 rings (SSSR count). The minimum Gasteiger partial charge on any atom is -0.497 e. The molecule has 0 N–H and O–H groups in total. The molecule has 5 nitrogen and oxygen atoms in total. The van der Waals surface area contributed by atoms with Crippen molar-refractivity contribution in [1.29, 1.82) is 0 Å². The van der Waals surface area contributed by atoms with Crippen molar-refractivity contribution in [2.75, 3.05) is 18.5 Å². The lowest BCUT2D eigenvalue weighted by molar-refractivity contribution is 0.396. The molecule has 164 valence electrons. The smallest absolute Gasteiger partial charge is 0.265 e. The standard InChI is InChI=1S/C24H26FNO4S/c1-16-6-9-20(10-7-16)26(31(27,28)24-13-8-19(25)14-17(24)2)18(3)22-15-21(29-4)11-12-23(22)30-5/h6-15,18H,1-5H3/t18-/m1/s1. The third kappa shape index (κ3) is 4.51. The van der Waals surface area contributed by atoms with Gasteiger partial charge < -0.3 is 9.47 Å². The first kappa shape index (κ1) is 22.6. The van der Waals surface area contributed by atoms with Crippen LogP contribution in [0.25, 0.3) is 0 Å². The van der Waals surface area contributed by atoms with E-state index in [1.165, 1.54) is 23.5 Å². The van der Waals surface area contributed by atoms with Crippen molar-refractivity contribution < 1.29 is 22.3 Å². The average Bonchev–Trinajstić information content (AvgIpc) is 2.74. The summed E-state index contributed by atoms with van der Waals surface area (Å²) in [4.78, 5) is 0.0446. The van der Waals surface area contributed by atoms with Gasteiger partial charge in [-0.05, 0) is 74.9 Å². The second-order valence-electron chi connectivity index (χ2n) is 7.33. The molecule has 0 aliphatic heterocycles. The van der Waals surface area contributed by atoms with Gasteiger partial charge in [-0.15, -0.1) is 0 Å². The van der Waals surface area contributed by atoms with Gasteiger partial charge >= 0.3 is 0 Å². The highest BCUT2D eigenvalue weighted by Crippen LogP contribution is 2.39. The molecule has 0 saturated heterocycles. The zero-order valence-corrected chi connectivity index (χ0v) is 19.0. The largest absolute Gasteiger partial charge is 0.497 e. The van der Waals surface area contributed by atoms with Gasteiger partial charge in [0.2, 0.25) is 0 Å². The van der Waals surface area contributed by atoms with E-state index in [4.69, 9.17) is 9.47 Å². The van der Waals surface area contributed by atoms with Crippen LogP contribution in [-0.2, 0) is 10.0 Å². The van der Waals surface area contributed by atoms with Gasteiger partial charge in [-0.25, -0.2) is 12.8 Å². The van der Waals surface area contributed by atoms with Gasteiger partial charge in [-0.2, -0.15) is 0 Å². The lowest BCUT2D eigenvalue weighted by Crippen LogP contribution is -2.34. The van der Waals surface area contributed by atoms with Crippen molar-refractivity contribution in [3.8, 4) is 11.5 Å². The Morgan fingerprint density at radius 3 is 2.16 bits per heavy atom. The summed E-state index contributed by atoms with van der Waals surface area (Å²) in [5, 5.41) is 0. The molecule has 3 aromatic rings. The van der Waals surface area contributed by atoms with E-state index in [9.17, 15) is 12.8 Å². The summed E-state index contributed by atoms with van der Waals surface area (Å²) in [6.45, 7) is 5.30. The van der Waals surface area contributed by atoms with Crippen molar-refractivity contribution in [2.24, 2.45) is 0 Å². The normalized spacial score (nSPS) is 12.3. The van der Waals surface area contributed by atoms with Crippen molar-refractivity contribution in [2.45, 2.75) is 31.7 Å². The van der Waals surface area contributed by atoms with Crippen LogP contribution in [0.4, 0.5) is 10.1 Å². The Morgan fingerprint density at radius 1 is 0.903 bits per heavy atom. The maximum atomic E-state index is 13.9. The molecule has 0 aromatic heterocycles. The van der Waals surface area contributed by atoms with Crippen LogP contribution in [0.3, 0.4) is 0 Å². The Labute approximate surface area is 183 Å². The second kappa shape index (κ2) is 8.98. The van der Waals surface area contributed by atoms with Crippen LogP contribution in [-0.4, -0.2) is 22.6 Å². The Bertz CT molecular complexity index is 1180. The first-order chi connectivity index (χ1) is 14.7. The highest BCUT2D eigenvalue weighted by molar-refractivity contribution is 7.92. The molecule has 31 heavy (non-hydrogen) atoms. The van der Waals surface area contributed by atoms with Crippen LogP contribution in [0.5, 0.6) is 11.5 Å².